The number of carboxylic acid groups (broad SMARTS) is 2. The van der Waals surface area contributed by atoms with E-state index in [-0.39, 0.29) is 0 Å². The fourth-order valence-electron chi connectivity index (χ4n) is 0.129. The summed E-state index contributed by atoms with van der Waals surface area (Å²) < 4.78 is 0. The molecule has 0 saturated heterocycles. The van der Waals surface area contributed by atoms with E-state index < -0.39 is 12.3 Å². The quantitative estimate of drug-likeness (QED) is 0.309. The van der Waals surface area contributed by atoms with Crippen molar-refractivity contribution in [2.45, 2.75) is 0 Å². The molecule has 0 aromatic carbocycles. The number of hydrazine groups is 1. The second-order valence-electron chi connectivity index (χ2n) is 0.940. The summed E-state index contributed by atoms with van der Waals surface area (Å²) in [6, 6.07) is 0. The summed E-state index contributed by atoms with van der Waals surface area (Å²) in [5.41, 5.74) is 2.93. The van der Waals surface area contributed by atoms with Crippen molar-refractivity contribution in [2.75, 3.05) is 0 Å². The summed E-state index contributed by atoms with van der Waals surface area (Å²) in [6.45, 7) is 0. The predicted molar refractivity (Wildman–Crippen MR) is 24.5 cm³/mol. The van der Waals surface area contributed by atoms with Gasteiger partial charge in [-0.1, -0.05) is 0 Å². The van der Waals surface area contributed by atoms with Crippen LogP contribution in [0.4, 0.5) is 9.59 Å². The lowest BCUT2D eigenvalue weighted by atomic mass is 11.4. The van der Waals surface area contributed by atoms with Gasteiger partial charge in [-0.3, -0.25) is 0 Å². The third-order valence-corrected chi connectivity index (χ3v) is 0.318. The second-order valence-corrected chi connectivity index (χ2v) is 0.940. The maximum atomic E-state index is 9.52. The average molecular weight is 152 g/mol. The molecule has 8 nitrogen and oxygen atoms in total. The zero-order valence-corrected chi connectivity index (χ0v) is 4.53. The molecule has 0 aliphatic carbocycles. The standard InChI is InChI=1S/C2H4N2O6/c5-1(6)9-3-4-10-2(7)8/h3-4H,(H,5,6)(H,7,8). The highest BCUT2D eigenvalue weighted by atomic mass is 16.9. The van der Waals surface area contributed by atoms with E-state index in [0.29, 0.717) is 0 Å². The summed E-state index contributed by atoms with van der Waals surface area (Å²) in [6.07, 6.45) is -3.25. The normalized spacial score (nSPS) is 8.40. The van der Waals surface area contributed by atoms with Gasteiger partial charge in [-0.05, 0) is 11.2 Å². The summed E-state index contributed by atoms with van der Waals surface area (Å²) in [5, 5.41) is 15.5. The van der Waals surface area contributed by atoms with E-state index in [2.05, 4.69) is 9.68 Å². The SMILES string of the molecule is O=C(O)ONNOC(=O)O. The molecular weight excluding hydrogens is 148 g/mol. The van der Waals surface area contributed by atoms with Gasteiger partial charge in [0.2, 0.25) is 0 Å². The summed E-state index contributed by atoms with van der Waals surface area (Å²) in [4.78, 5) is 26.2. The van der Waals surface area contributed by atoms with E-state index in [1.807, 2.05) is 0 Å². The first-order valence-electron chi connectivity index (χ1n) is 1.92. The van der Waals surface area contributed by atoms with Crippen molar-refractivity contribution >= 4 is 12.3 Å². The van der Waals surface area contributed by atoms with Crippen LogP contribution in [-0.2, 0) is 9.68 Å². The maximum absolute atomic E-state index is 9.52. The molecule has 0 aliphatic heterocycles. The van der Waals surface area contributed by atoms with E-state index in [4.69, 9.17) is 10.2 Å². The number of hydrogen-bond acceptors (Lipinski definition) is 6. The van der Waals surface area contributed by atoms with Crippen molar-refractivity contribution in [3.8, 4) is 0 Å². The average Bonchev–Trinajstić information content (AvgIpc) is 1.79. The molecule has 0 aromatic heterocycles. The van der Waals surface area contributed by atoms with Crippen LogP contribution in [0.15, 0.2) is 0 Å². The predicted octanol–water partition coefficient (Wildman–Crippen LogP) is -0.700. The van der Waals surface area contributed by atoms with Gasteiger partial charge in [-0.15, -0.1) is 0 Å². The summed E-state index contributed by atoms with van der Waals surface area (Å²) in [5.74, 6) is 0. The minimum absolute atomic E-state index is 1.46. The molecule has 0 bridgehead atoms. The molecule has 4 N–H and O–H groups in total. The molecule has 0 rings (SSSR count). The van der Waals surface area contributed by atoms with E-state index in [1.165, 1.54) is 11.2 Å². The van der Waals surface area contributed by atoms with E-state index in [9.17, 15) is 9.59 Å². The fraction of sp³-hybridized carbons (Fsp3) is 0. The molecule has 0 unspecified atom stereocenters. The molecule has 0 fully saturated rings. The molecule has 58 valence electrons. The lowest BCUT2D eigenvalue weighted by Gasteiger charge is -2.00. The second kappa shape index (κ2) is 4.35. The van der Waals surface area contributed by atoms with Gasteiger partial charge in [0.1, 0.15) is 0 Å². The van der Waals surface area contributed by atoms with E-state index >= 15 is 0 Å². The first-order chi connectivity index (χ1) is 4.63. The maximum Gasteiger partial charge on any atom is 0.526 e. The molecule has 0 radical (unpaired) electrons. The molecule has 10 heavy (non-hydrogen) atoms. The highest BCUT2D eigenvalue weighted by Gasteiger charge is 1.96. The van der Waals surface area contributed by atoms with Crippen molar-refractivity contribution in [1.82, 2.24) is 11.2 Å². The van der Waals surface area contributed by atoms with Crippen LogP contribution in [0.3, 0.4) is 0 Å². The van der Waals surface area contributed by atoms with E-state index in [0.717, 1.165) is 0 Å². The van der Waals surface area contributed by atoms with Crippen LogP contribution < -0.4 is 11.2 Å². The Morgan fingerprint density at radius 2 is 1.30 bits per heavy atom. The Kier molecular flexibility index (Phi) is 3.68. The van der Waals surface area contributed by atoms with Crippen molar-refractivity contribution < 1.29 is 29.5 Å². The first-order valence-corrected chi connectivity index (χ1v) is 1.92. The van der Waals surface area contributed by atoms with Gasteiger partial charge in [0, 0.05) is 0 Å². The Labute approximate surface area is 54.2 Å². The van der Waals surface area contributed by atoms with Crippen LogP contribution >= 0.6 is 0 Å². The number of carbonyl (C=O) groups is 2. The molecule has 0 heterocycles. The van der Waals surface area contributed by atoms with Gasteiger partial charge >= 0.3 is 12.3 Å². The van der Waals surface area contributed by atoms with Crippen molar-refractivity contribution in [3.05, 3.63) is 0 Å². The topological polar surface area (TPSA) is 117 Å². The van der Waals surface area contributed by atoms with Crippen LogP contribution in [0, 0.1) is 0 Å². The van der Waals surface area contributed by atoms with Crippen molar-refractivity contribution in [2.24, 2.45) is 0 Å². The Balaban J connectivity index is 3.06. The fourth-order valence-corrected chi connectivity index (χ4v) is 0.129. The Hall–Kier alpha value is -1.54. The molecule has 0 spiro atoms. The molecule has 0 atom stereocenters. The number of hydrogen-bond donors (Lipinski definition) is 4. The monoisotopic (exact) mass is 152 g/mol. The molecular formula is C2H4N2O6. The third kappa shape index (κ3) is 6.46. The minimum Gasteiger partial charge on any atom is -0.448 e. The minimum atomic E-state index is -1.62. The number of rotatable bonds is 3. The summed E-state index contributed by atoms with van der Waals surface area (Å²) in [7, 11) is 0. The van der Waals surface area contributed by atoms with Crippen LogP contribution in [0.2, 0.25) is 0 Å². The number of nitrogens with one attached hydrogen (secondary N) is 2. The zero-order valence-electron chi connectivity index (χ0n) is 4.53. The lowest BCUT2D eigenvalue weighted by Crippen LogP contribution is -2.35. The van der Waals surface area contributed by atoms with Crippen molar-refractivity contribution in [1.29, 1.82) is 0 Å². The lowest BCUT2D eigenvalue weighted by molar-refractivity contribution is -0.0685. The highest BCUT2D eigenvalue weighted by Crippen LogP contribution is 1.67. The van der Waals surface area contributed by atoms with Gasteiger partial charge in [-0.25, -0.2) is 9.59 Å². The van der Waals surface area contributed by atoms with E-state index in [1.54, 1.807) is 0 Å². The Bertz CT molecular complexity index is 118. The smallest absolute Gasteiger partial charge is 0.448 e. The first kappa shape index (κ1) is 8.46. The molecule has 0 aromatic rings. The highest BCUT2D eigenvalue weighted by molar-refractivity contribution is 5.56. The largest absolute Gasteiger partial charge is 0.526 e. The van der Waals surface area contributed by atoms with Gasteiger partial charge in [0.25, 0.3) is 0 Å². The third-order valence-electron chi connectivity index (χ3n) is 0.318. The summed E-state index contributed by atoms with van der Waals surface area (Å²) >= 11 is 0. The Morgan fingerprint density at radius 1 is 1.00 bits per heavy atom. The van der Waals surface area contributed by atoms with Crippen LogP contribution in [0.5, 0.6) is 0 Å². The molecule has 0 saturated carbocycles. The zero-order chi connectivity index (χ0) is 7.98. The van der Waals surface area contributed by atoms with Crippen LogP contribution in [-0.4, -0.2) is 22.5 Å². The molecule has 8 heteroatoms. The van der Waals surface area contributed by atoms with Gasteiger partial charge in [-0.2, -0.15) is 0 Å². The molecule has 0 aliphatic rings. The van der Waals surface area contributed by atoms with Crippen molar-refractivity contribution in [3.63, 3.8) is 0 Å². The Morgan fingerprint density at radius 3 is 1.50 bits per heavy atom. The van der Waals surface area contributed by atoms with Gasteiger partial charge in [0.05, 0.1) is 0 Å². The molecule has 0 amide bonds. The van der Waals surface area contributed by atoms with Crippen LogP contribution in [0.25, 0.3) is 0 Å². The van der Waals surface area contributed by atoms with Crippen LogP contribution in [0.1, 0.15) is 0 Å². The van der Waals surface area contributed by atoms with Gasteiger partial charge < -0.3 is 19.9 Å². The van der Waals surface area contributed by atoms with Gasteiger partial charge in [0.15, 0.2) is 0 Å².